The smallest absolute Gasteiger partial charge is 0.0623 e. The van der Waals surface area contributed by atoms with Crippen molar-refractivity contribution in [3.63, 3.8) is 0 Å². The minimum Gasteiger partial charge on any atom is -0.379 e. The molecule has 1 rings (SSSR count). The van der Waals surface area contributed by atoms with Crippen LogP contribution in [0, 0.1) is 5.92 Å². The summed E-state index contributed by atoms with van der Waals surface area (Å²) in [7, 11) is 1.83. The molecule has 1 atom stereocenters. The van der Waals surface area contributed by atoms with E-state index in [2.05, 4.69) is 26.1 Å². The Balaban J connectivity index is 2.46. The Morgan fingerprint density at radius 1 is 1.17 bits per heavy atom. The molecule has 1 saturated carbocycles. The SMILES string of the molecule is CCNC(CCC(C)(C)OC)C1CCCCCC1. The van der Waals surface area contributed by atoms with Gasteiger partial charge in [0.05, 0.1) is 5.60 Å². The largest absolute Gasteiger partial charge is 0.379 e. The van der Waals surface area contributed by atoms with Crippen LogP contribution in [0.3, 0.4) is 0 Å². The third kappa shape index (κ3) is 5.71. The van der Waals surface area contributed by atoms with Crippen LogP contribution >= 0.6 is 0 Å². The molecule has 2 heteroatoms. The highest BCUT2D eigenvalue weighted by atomic mass is 16.5. The Hall–Kier alpha value is -0.0800. The van der Waals surface area contributed by atoms with Crippen molar-refractivity contribution in [1.82, 2.24) is 5.32 Å². The first-order valence-electron chi connectivity index (χ1n) is 7.87. The Kier molecular flexibility index (Phi) is 7.25. The van der Waals surface area contributed by atoms with Gasteiger partial charge in [0.25, 0.3) is 0 Å². The van der Waals surface area contributed by atoms with Crippen LogP contribution in [0.15, 0.2) is 0 Å². The van der Waals surface area contributed by atoms with Crippen LogP contribution < -0.4 is 5.32 Å². The molecule has 1 N–H and O–H groups in total. The van der Waals surface area contributed by atoms with Crippen molar-refractivity contribution in [2.24, 2.45) is 5.92 Å². The fraction of sp³-hybridized carbons (Fsp3) is 1.00. The lowest BCUT2D eigenvalue weighted by Gasteiger charge is -2.31. The first-order valence-corrected chi connectivity index (χ1v) is 7.87. The van der Waals surface area contributed by atoms with Crippen molar-refractivity contribution >= 4 is 0 Å². The highest BCUT2D eigenvalue weighted by molar-refractivity contribution is 4.81. The fourth-order valence-electron chi connectivity index (χ4n) is 3.09. The molecule has 0 spiro atoms. The molecule has 2 nitrogen and oxygen atoms in total. The van der Waals surface area contributed by atoms with Crippen molar-refractivity contribution in [3.8, 4) is 0 Å². The molecule has 0 heterocycles. The van der Waals surface area contributed by atoms with E-state index in [9.17, 15) is 0 Å². The summed E-state index contributed by atoms with van der Waals surface area (Å²) in [6.45, 7) is 7.71. The van der Waals surface area contributed by atoms with E-state index in [1.807, 2.05) is 7.11 Å². The maximum absolute atomic E-state index is 5.55. The number of hydrogen-bond acceptors (Lipinski definition) is 2. The maximum atomic E-state index is 5.55. The third-order valence-corrected chi connectivity index (χ3v) is 4.55. The van der Waals surface area contributed by atoms with E-state index in [4.69, 9.17) is 4.74 Å². The maximum Gasteiger partial charge on any atom is 0.0623 e. The molecule has 0 aliphatic heterocycles. The predicted octanol–water partition coefficient (Wildman–Crippen LogP) is 4.14. The lowest BCUT2D eigenvalue weighted by atomic mass is 9.86. The molecule has 1 aliphatic carbocycles. The number of methoxy groups -OCH3 is 1. The molecule has 1 aliphatic rings. The van der Waals surface area contributed by atoms with E-state index >= 15 is 0 Å². The molecule has 0 radical (unpaired) electrons. The topological polar surface area (TPSA) is 21.3 Å². The quantitative estimate of drug-likeness (QED) is 0.690. The van der Waals surface area contributed by atoms with Crippen molar-refractivity contribution in [1.29, 1.82) is 0 Å². The molecule has 108 valence electrons. The van der Waals surface area contributed by atoms with Crippen molar-refractivity contribution in [3.05, 3.63) is 0 Å². The van der Waals surface area contributed by atoms with Crippen molar-refractivity contribution < 1.29 is 4.74 Å². The minimum atomic E-state index is 0.0262. The van der Waals surface area contributed by atoms with Gasteiger partial charge in [-0.2, -0.15) is 0 Å². The van der Waals surface area contributed by atoms with Gasteiger partial charge in [0.2, 0.25) is 0 Å². The lowest BCUT2D eigenvalue weighted by Crippen LogP contribution is -2.38. The molecule has 0 amide bonds. The van der Waals surface area contributed by atoms with Crippen LogP contribution in [-0.2, 0) is 4.74 Å². The van der Waals surface area contributed by atoms with E-state index in [-0.39, 0.29) is 5.60 Å². The summed E-state index contributed by atoms with van der Waals surface area (Å²) in [5.74, 6) is 0.889. The van der Waals surface area contributed by atoms with Crippen molar-refractivity contribution in [2.75, 3.05) is 13.7 Å². The van der Waals surface area contributed by atoms with Gasteiger partial charge in [-0.1, -0.05) is 32.6 Å². The van der Waals surface area contributed by atoms with E-state index in [0.29, 0.717) is 6.04 Å². The minimum absolute atomic E-state index is 0.0262. The summed E-state index contributed by atoms with van der Waals surface area (Å²) in [4.78, 5) is 0. The Bertz CT molecular complexity index is 207. The molecule has 1 fully saturated rings. The summed E-state index contributed by atoms with van der Waals surface area (Å²) in [5.41, 5.74) is 0.0262. The van der Waals surface area contributed by atoms with Crippen LogP contribution in [0.4, 0.5) is 0 Å². The normalized spacial score (nSPS) is 20.7. The third-order valence-electron chi connectivity index (χ3n) is 4.55. The molecule has 0 aromatic carbocycles. The fourth-order valence-corrected chi connectivity index (χ4v) is 3.09. The van der Waals surface area contributed by atoms with Gasteiger partial charge in [-0.25, -0.2) is 0 Å². The molecule has 0 saturated heterocycles. The van der Waals surface area contributed by atoms with E-state index in [0.717, 1.165) is 18.9 Å². The molecular weight excluding hydrogens is 222 g/mol. The number of rotatable bonds is 7. The summed E-state index contributed by atoms with van der Waals surface area (Å²) >= 11 is 0. The van der Waals surface area contributed by atoms with Crippen LogP contribution in [0.2, 0.25) is 0 Å². The summed E-state index contributed by atoms with van der Waals surface area (Å²) in [6.07, 6.45) is 11.0. The van der Waals surface area contributed by atoms with Gasteiger partial charge in [0.15, 0.2) is 0 Å². The lowest BCUT2D eigenvalue weighted by molar-refractivity contribution is 0.00995. The van der Waals surface area contributed by atoms with Gasteiger partial charge in [-0.15, -0.1) is 0 Å². The predicted molar refractivity (Wildman–Crippen MR) is 79.0 cm³/mol. The highest BCUT2D eigenvalue weighted by Gasteiger charge is 2.25. The standard InChI is InChI=1S/C16H33NO/c1-5-17-15(12-13-16(2,3)18-4)14-10-8-6-7-9-11-14/h14-15,17H,5-13H2,1-4H3. The first-order chi connectivity index (χ1) is 8.59. The molecule has 0 aromatic rings. The Morgan fingerprint density at radius 2 is 1.78 bits per heavy atom. The summed E-state index contributed by atoms with van der Waals surface area (Å²) in [5, 5.41) is 3.72. The molecule has 1 unspecified atom stereocenters. The monoisotopic (exact) mass is 255 g/mol. The van der Waals surface area contributed by atoms with Crippen molar-refractivity contribution in [2.45, 2.75) is 83.8 Å². The van der Waals surface area contributed by atoms with Gasteiger partial charge in [0, 0.05) is 13.2 Å². The molecular formula is C16H33NO. The van der Waals surface area contributed by atoms with Gasteiger partial charge in [-0.3, -0.25) is 0 Å². The average Bonchev–Trinajstić information content (AvgIpc) is 2.63. The van der Waals surface area contributed by atoms with E-state index < -0.39 is 0 Å². The van der Waals surface area contributed by atoms with Gasteiger partial charge >= 0.3 is 0 Å². The second kappa shape index (κ2) is 8.16. The number of ether oxygens (including phenoxy) is 1. The van der Waals surface area contributed by atoms with Gasteiger partial charge in [-0.05, 0) is 52.0 Å². The first kappa shape index (κ1) is 16.0. The number of nitrogens with one attached hydrogen (secondary N) is 1. The van der Waals surface area contributed by atoms with E-state index in [1.165, 1.54) is 44.9 Å². The van der Waals surface area contributed by atoms with Crippen LogP contribution in [0.25, 0.3) is 0 Å². The summed E-state index contributed by atoms with van der Waals surface area (Å²) in [6, 6.07) is 0.697. The highest BCUT2D eigenvalue weighted by Crippen LogP contribution is 2.29. The van der Waals surface area contributed by atoms with Crippen LogP contribution in [0.1, 0.15) is 72.1 Å². The number of hydrogen-bond donors (Lipinski definition) is 1. The zero-order valence-corrected chi connectivity index (χ0v) is 12.9. The Labute approximate surface area is 114 Å². The Morgan fingerprint density at radius 3 is 2.28 bits per heavy atom. The second-order valence-electron chi connectivity index (χ2n) is 6.42. The van der Waals surface area contributed by atoms with Crippen LogP contribution in [-0.4, -0.2) is 25.3 Å². The van der Waals surface area contributed by atoms with Crippen LogP contribution in [0.5, 0.6) is 0 Å². The zero-order chi connectivity index (χ0) is 13.4. The van der Waals surface area contributed by atoms with Gasteiger partial charge in [0.1, 0.15) is 0 Å². The average molecular weight is 255 g/mol. The summed E-state index contributed by atoms with van der Waals surface area (Å²) < 4.78 is 5.55. The molecule has 0 aromatic heterocycles. The van der Waals surface area contributed by atoms with Gasteiger partial charge < -0.3 is 10.1 Å². The second-order valence-corrected chi connectivity index (χ2v) is 6.42. The molecule has 0 bridgehead atoms. The molecule has 18 heavy (non-hydrogen) atoms. The van der Waals surface area contributed by atoms with E-state index in [1.54, 1.807) is 0 Å². The zero-order valence-electron chi connectivity index (χ0n) is 12.9.